The maximum atomic E-state index is 13.0. The van der Waals surface area contributed by atoms with Crippen molar-refractivity contribution in [3.63, 3.8) is 0 Å². The highest BCUT2D eigenvalue weighted by Gasteiger charge is 2.31. The molecule has 0 unspecified atom stereocenters. The van der Waals surface area contributed by atoms with Crippen molar-refractivity contribution < 1.29 is 13.2 Å². The molecule has 0 radical (unpaired) electrons. The average molecular weight is 461 g/mol. The summed E-state index contributed by atoms with van der Waals surface area (Å²) < 4.78 is 37.0. The Hall–Kier alpha value is -2.38. The maximum Gasteiger partial charge on any atom is 0.345 e. The first-order chi connectivity index (χ1) is 14.5. The van der Waals surface area contributed by atoms with Crippen LogP contribution in [0.5, 0.6) is 0 Å². The number of fused-ring (bicyclic) bond motifs is 1. The molecule has 0 aliphatic carbocycles. The molecular formula is C22H18Cl2N2O3S. The van der Waals surface area contributed by atoms with Gasteiger partial charge in [-0.15, -0.1) is 4.40 Å². The predicted molar refractivity (Wildman–Crippen MR) is 121 cm³/mol. The van der Waals surface area contributed by atoms with Crippen molar-refractivity contribution >= 4 is 44.8 Å². The van der Waals surface area contributed by atoms with Gasteiger partial charge in [0.1, 0.15) is 0 Å². The lowest BCUT2D eigenvalue weighted by Gasteiger charge is -2.29. The molecule has 0 atom stereocenters. The summed E-state index contributed by atoms with van der Waals surface area (Å²) in [4.78, 5) is 0. The quantitative estimate of drug-likeness (QED) is 0.503. The van der Waals surface area contributed by atoms with Crippen LogP contribution in [0.4, 0.5) is 5.69 Å². The zero-order valence-electron chi connectivity index (χ0n) is 15.8. The molecule has 4 rings (SSSR count). The van der Waals surface area contributed by atoms with Gasteiger partial charge in [-0.2, -0.15) is 8.42 Å². The van der Waals surface area contributed by atoms with Crippen LogP contribution in [0, 0.1) is 0 Å². The summed E-state index contributed by atoms with van der Waals surface area (Å²) >= 11 is 12.4. The molecule has 154 valence electrons. The minimum absolute atomic E-state index is 0.0282. The number of halogens is 2. The van der Waals surface area contributed by atoms with E-state index in [1.165, 1.54) is 4.31 Å². The fourth-order valence-corrected chi connectivity index (χ4v) is 4.85. The van der Waals surface area contributed by atoms with Crippen LogP contribution in [0.2, 0.25) is 10.0 Å². The van der Waals surface area contributed by atoms with Gasteiger partial charge in [-0.05, 0) is 23.3 Å². The molecule has 0 saturated heterocycles. The predicted octanol–water partition coefficient (Wildman–Crippen LogP) is 5.26. The van der Waals surface area contributed by atoms with E-state index in [-0.39, 0.29) is 13.2 Å². The molecule has 0 spiro atoms. The zero-order valence-corrected chi connectivity index (χ0v) is 18.2. The van der Waals surface area contributed by atoms with Gasteiger partial charge < -0.3 is 4.74 Å². The Labute approximate surface area is 185 Å². The van der Waals surface area contributed by atoms with E-state index in [9.17, 15) is 8.42 Å². The van der Waals surface area contributed by atoms with Crippen LogP contribution < -0.4 is 4.31 Å². The fourth-order valence-electron chi connectivity index (χ4n) is 3.23. The summed E-state index contributed by atoms with van der Waals surface area (Å²) in [7, 11) is -3.97. The minimum Gasteiger partial charge on any atom is -0.370 e. The minimum atomic E-state index is -3.97. The molecule has 1 heterocycles. The van der Waals surface area contributed by atoms with Gasteiger partial charge in [-0.3, -0.25) is 0 Å². The van der Waals surface area contributed by atoms with Gasteiger partial charge in [0.15, 0.2) is 0 Å². The highest BCUT2D eigenvalue weighted by molar-refractivity contribution is 7.91. The van der Waals surface area contributed by atoms with E-state index < -0.39 is 10.2 Å². The third kappa shape index (κ3) is 4.37. The van der Waals surface area contributed by atoms with E-state index in [1.54, 1.807) is 30.3 Å². The van der Waals surface area contributed by atoms with Gasteiger partial charge in [0.05, 0.1) is 41.2 Å². The number of para-hydroxylation sites is 1. The van der Waals surface area contributed by atoms with Crippen LogP contribution in [0.3, 0.4) is 0 Å². The summed E-state index contributed by atoms with van der Waals surface area (Å²) in [6.07, 6.45) is 0. The Balaban J connectivity index is 1.62. The number of anilines is 1. The van der Waals surface area contributed by atoms with Crippen molar-refractivity contribution in [2.24, 2.45) is 4.40 Å². The van der Waals surface area contributed by atoms with E-state index in [2.05, 4.69) is 4.40 Å². The normalized spacial score (nSPS) is 14.9. The Morgan fingerprint density at radius 2 is 1.60 bits per heavy atom. The summed E-state index contributed by atoms with van der Waals surface area (Å²) in [5, 5.41) is 0.697. The monoisotopic (exact) mass is 460 g/mol. The first-order valence-electron chi connectivity index (χ1n) is 9.21. The number of ether oxygens (including phenoxy) is 1. The molecule has 3 aromatic rings. The molecular weight excluding hydrogens is 443 g/mol. The first-order valence-corrected chi connectivity index (χ1v) is 11.4. The van der Waals surface area contributed by atoms with E-state index >= 15 is 0 Å². The molecule has 3 aromatic carbocycles. The number of rotatable bonds is 6. The average Bonchev–Trinajstić information content (AvgIpc) is 2.74. The van der Waals surface area contributed by atoms with Gasteiger partial charge in [0, 0.05) is 5.56 Å². The second-order valence-corrected chi connectivity index (χ2v) is 9.04. The Kier molecular flexibility index (Phi) is 6.11. The smallest absolute Gasteiger partial charge is 0.345 e. The van der Waals surface area contributed by atoms with Crippen molar-refractivity contribution in [2.75, 3.05) is 10.9 Å². The summed E-state index contributed by atoms with van der Waals surface area (Å²) in [6, 6.07) is 22.0. The fraction of sp³-hybridized carbons (Fsp3) is 0.136. The van der Waals surface area contributed by atoms with Gasteiger partial charge in [-0.25, -0.2) is 4.31 Å². The van der Waals surface area contributed by atoms with Crippen LogP contribution in [0.25, 0.3) is 0 Å². The molecule has 1 aliphatic rings. The molecule has 0 aromatic heterocycles. The second-order valence-electron chi connectivity index (χ2n) is 6.73. The molecule has 0 fully saturated rings. The maximum absolute atomic E-state index is 13.0. The van der Waals surface area contributed by atoms with Crippen molar-refractivity contribution in [2.45, 2.75) is 13.2 Å². The van der Waals surface area contributed by atoms with Crippen molar-refractivity contribution in [3.8, 4) is 0 Å². The third-order valence-corrected chi connectivity index (χ3v) is 6.88. The van der Waals surface area contributed by atoms with Gasteiger partial charge in [0.2, 0.25) is 0 Å². The number of benzene rings is 3. The molecule has 8 heteroatoms. The van der Waals surface area contributed by atoms with Gasteiger partial charge >= 0.3 is 10.2 Å². The highest BCUT2D eigenvalue weighted by Crippen LogP contribution is 2.34. The van der Waals surface area contributed by atoms with Crippen LogP contribution in [0.1, 0.15) is 16.7 Å². The lowest BCUT2D eigenvalue weighted by molar-refractivity contribution is 0.158. The largest absolute Gasteiger partial charge is 0.370 e. The summed E-state index contributed by atoms with van der Waals surface area (Å²) in [6.45, 7) is 0.473. The molecule has 5 nitrogen and oxygen atoms in total. The van der Waals surface area contributed by atoms with Crippen molar-refractivity contribution in [3.05, 3.63) is 99.5 Å². The van der Waals surface area contributed by atoms with Crippen LogP contribution in [-0.4, -0.2) is 20.7 Å². The number of hydrogen-bond donors (Lipinski definition) is 0. The zero-order chi connectivity index (χ0) is 21.1. The Bertz CT molecular complexity index is 1200. The first kappa shape index (κ1) is 20.9. The molecule has 30 heavy (non-hydrogen) atoms. The van der Waals surface area contributed by atoms with E-state index in [0.29, 0.717) is 39.2 Å². The van der Waals surface area contributed by atoms with E-state index in [0.717, 1.165) is 5.56 Å². The molecule has 1 aliphatic heterocycles. The summed E-state index contributed by atoms with van der Waals surface area (Å²) in [5.74, 6) is 0. The molecule has 0 saturated carbocycles. The van der Waals surface area contributed by atoms with Crippen LogP contribution in [0.15, 0.2) is 77.2 Å². The topological polar surface area (TPSA) is 59.0 Å². The number of hydrogen-bond acceptors (Lipinski definition) is 3. The Morgan fingerprint density at radius 3 is 2.40 bits per heavy atom. The van der Waals surface area contributed by atoms with Gasteiger partial charge in [0.25, 0.3) is 0 Å². The number of nitrogens with zero attached hydrogens (tertiary/aromatic N) is 2. The van der Waals surface area contributed by atoms with Crippen molar-refractivity contribution in [1.82, 2.24) is 0 Å². The van der Waals surface area contributed by atoms with Gasteiger partial charge in [-0.1, -0.05) is 83.9 Å². The summed E-state index contributed by atoms with van der Waals surface area (Å²) in [5.41, 5.74) is 3.21. The second kappa shape index (κ2) is 8.78. The lowest BCUT2D eigenvalue weighted by Crippen LogP contribution is -2.35. The SMILES string of the molecule is O=S1(=O)N=C(COCc2ccccc2)c2ccccc2N1Cc1cccc(Cl)c1Cl. The third-order valence-electron chi connectivity index (χ3n) is 4.68. The lowest BCUT2D eigenvalue weighted by atomic mass is 10.1. The Morgan fingerprint density at radius 1 is 0.867 bits per heavy atom. The molecule has 0 N–H and O–H groups in total. The van der Waals surface area contributed by atoms with Crippen LogP contribution in [-0.2, 0) is 28.1 Å². The highest BCUT2D eigenvalue weighted by atomic mass is 35.5. The van der Waals surface area contributed by atoms with Crippen molar-refractivity contribution in [1.29, 1.82) is 0 Å². The molecule has 0 amide bonds. The van der Waals surface area contributed by atoms with E-state index in [1.807, 2.05) is 42.5 Å². The standard InChI is InChI=1S/C22H18Cl2N2O3S/c23-19-11-6-9-17(22(19)24)13-26-21-12-5-4-10-18(21)20(25-30(26,27)28)15-29-14-16-7-2-1-3-8-16/h1-12H,13-15H2. The molecule has 0 bridgehead atoms. The van der Waals surface area contributed by atoms with Crippen LogP contribution >= 0.6 is 23.2 Å². The van der Waals surface area contributed by atoms with E-state index in [4.69, 9.17) is 27.9 Å².